The summed E-state index contributed by atoms with van der Waals surface area (Å²) in [5.41, 5.74) is 0.318. The molecule has 1 unspecified atom stereocenters. The van der Waals surface area contributed by atoms with Crippen molar-refractivity contribution >= 4 is 10.8 Å². The lowest BCUT2D eigenvalue weighted by molar-refractivity contribution is -0.0257. The third kappa shape index (κ3) is 2.38. The summed E-state index contributed by atoms with van der Waals surface area (Å²) in [6, 6.07) is 14.6. The fourth-order valence-electron chi connectivity index (χ4n) is 3.21. The van der Waals surface area contributed by atoms with E-state index in [9.17, 15) is 5.11 Å². The van der Waals surface area contributed by atoms with Crippen molar-refractivity contribution in [3.05, 3.63) is 48.0 Å². The van der Waals surface area contributed by atoms with E-state index in [4.69, 9.17) is 0 Å². The Morgan fingerprint density at radius 3 is 2.53 bits per heavy atom. The zero-order chi connectivity index (χ0) is 13.5. The number of aliphatic hydroxyl groups is 1. The lowest BCUT2D eigenvalue weighted by Crippen LogP contribution is -2.52. The smallest absolute Gasteiger partial charge is 0.0926 e. The minimum atomic E-state index is -0.710. The molecule has 0 radical (unpaired) electrons. The van der Waals surface area contributed by atoms with Crippen LogP contribution in [0.2, 0.25) is 0 Å². The Hall–Kier alpha value is -1.38. The highest BCUT2D eigenvalue weighted by Crippen LogP contribution is 2.37. The van der Waals surface area contributed by atoms with Gasteiger partial charge in [-0.1, -0.05) is 36.4 Å². The van der Waals surface area contributed by atoms with Crippen LogP contribution in [0.5, 0.6) is 0 Å². The van der Waals surface area contributed by atoms with Gasteiger partial charge in [0, 0.05) is 5.54 Å². The first-order valence-electron chi connectivity index (χ1n) is 6.95. The van der Waals surface area contributed by atoms with E-state index in [2.05, 4.69) is 49.5 Å². The van der Waals surface area contributed by atoms with Crippen LogP contribution in [0.1, 0.15) is 32.3 Å². The minimum Gasteiger partial charge on any atom is -0.385 e. The number of nitrogens with one attached hydrogen (secondary N) is 1. The summed E-state index contributed by atoms with van der Waals surface area (Å²) >= 11 is 0. The molecule has 2 aromatic carbocycles. The molecule has 1 atom stereocenters. The Morgan fingerprint density at radius 1 is 1.05 bits per heavy atom. The van der Waals surface area contributed by atoms with Crippen molar-refractivity contribution in [2.24, 2.45) is 0 Å². The van der Waals surface area contributed by atoms with Gasteiger partial charge in [0.05, 0.1) is 5.60 Å². The zero-order valence-electron chi connectivity index (χ0n) is 11.6. The Morgan fingerprint density at radius 2 is 1.79 bits per heavy atom. The second kappa shape index (κ2) is 4.32. The normalized spacial score (nSPS) is 26.5. The lowest BCUT2D eigenvalue weighted by atomic mass is 9.76. The quantitative estimate of drug-likeness (QED) is 0.820. The van der Waals surface area contributed by atoms with Gasteiger partial charge in [-0.25, -0.2) is 0 Å². The number of rotatable bonds is 1. The minimum absolute atomic E-state index is 0.0152. The molecule has 1 fully saturated rings. The lowest BCUT2D eigenvalue weighted by Gasteiger charge is -2.42. The number of benzene rings is 2. The van der Waals surface area contributed by atoms with E-state index >= 15 is 0 Å². The Bertz CT molecular complexity index is 605. The third-order valence-corrected chi connectivity index (χ3v) is 4.16. The van der Waals surface area contributed by atoms with E-state index in [-0.39, 0.29) is 5.54 Å². The van der Waals surface area contributed by atoms with Gasteiger partial charge in [0.25, 0.3) is 0 Å². The maximum atomic E-state index is 11.0. The maximum Gasteiger partial charge on any atom is 0.0926 e. The van der Waals surface area contributed by atoms with Crippen molar-refractivity contribution in [1.82, 2.24) is 5.32 Å². The van der Waals surface area contributed by atoms with Gasteiger partial charge in [0.2, 0.25) is 0 Å². The molecule has 2 aromatic rings. The van der Waals surface area contributed by atoms with Crippen molar-refractivity contribution < 1.29 is 5.11 Å². The van der Waals surface area contributed by atoms with Crippen LogP contribution in [0.4, 0.5) is 0 Å². The maximum absolute atomic E-state index is 11.0. The summed E-state index contributed by atoms with van der Waals surface area (Å²) in [6.45, 7) is 5.16. The van der Waals surface area contributed by atoms with Gasteiger partial charge in [-0.05, 0) is 55.6 Å². The molecule has 2 nitrogen and oxygen atoms in total. The highest BCUT2D eigenvalue weighted by Gasteiger charge is 2.39. The van der Waals surface area contributed by atoms with Crippen molar-refractivity contribution in [3.8, 4) is 0 Å². The average molecular weight is 255 g/mol. The molecule has 1 heterocycles. The van der Waals surface area contributed by atoms with Crippen LogP contribution in [-0.4, -0.2) is 17.2 Å². The van der Waals surface area contributed by atoms with Crippen LogP contribution >= 0.6 is 0 Å². The van der Waals surface area contributed by atoms with Gasteiger partial charge in [0.15, 0.2) is 0 Å². The molecule has 1 aliphatic heterocycles. The van der Waals surface area contributed by atoms with Crippen molar-refractivity contribution in [3.63, 3.8) is 0 Å². The van der Waals surface area contributed by atoms with Crippen LogP contribution in [0, 0.1) is 0 Å². The number of piperidine rings is 1. The fraction of sp³-hybridized carbons (Fsp3) is 0.412. The monoisotopic (exact) mass is 255 g/mol. The van der Waals surface area contributed by atoms with Gasteiger partial charge in [-0.15, -0.1) is 0 Å². The van der Waals surface area contributed by atoms with E-state index in [0.717, 1.165) is 24.9 Å². The third-order valence-electron chi connectivity index (χ3n) is 4.16. The molecular formula is C17H21NO. The van der Waals surface area contributed by atoms with E-state index in [1.165, 1.54) is 10.8 Å². The van der Waals surface area contributed by atoms with Gasteiger partial charge in [-0.3, -0.25) is 0 Å². The number of fused-ring (bicyclic) bond motifs is 1. The fourth-order valence-corrected chi connectivity index (χ4v) is 3.21. The first-order valence-corrected chi connectivity index (χ1v) is 6.95. The molecule has 0 aromatic heterocycles. The number of hydrogen-bond donors (Lipinski definition) is 2. The Kier molecular flexibility index (Phi) is 2.88. The van der Waals surface area contributed by atoms with E-state index in [1.54, 1.807) is 0 Å². The number of hydrogen-bond acceptors (Lipinski definition) is 2. The first-order chi connectivity index (χ1) is 8.99. The van der Waals surface area contributed by atoms with Crippen LogP contribution in [0.25, 0.3) is 10.8 Å². The summed E-state index contributed by atoms with van der Waals surface area (Å²) in [6.07, 6.45) is 1.52. The van der Waals surface area contributed by atoms with Crippen molar-refractivity contribution in [2.45, 2.75) is 37.8 Å². The average Bonchev–Trinajstić information content (AvgIpc) is 2.36. The summed E-state index contributed by atoms with van der Waals surface area (Å²) in [5, 5.41) is 16.9. The van der Waals surface area contributed by atoms with Gasteiger partial charge < -0.3 is 10.4 Å². The predicted molar refractivity (Wildman–Crippen MR) is 79.2 cm³/mol. The molecule has 0 spiro atoms. The van der Waals surface area contributed by atoms with Crippen LogP contribution in [0.3, 0.4) is 0 Å². The van der Waals surface area contributed by atoms with E-state index in [0.29, 0.717) is 0 Å². The summed E-state index contributed by atoms with van der Waals surface area (Å²) < 4.78 is 0. The highest BCUT2D eigenvalue weighted by atomic mass is 16.3. The summed E-state index contributed by atoms with van der Waals surface area (Å²) in [7, 11) is 0. The van der Waals surface area contributed by atoms with Crippen LogP contribution in [-0.2, 0) is 5.60 Å². The molecule has 19 heavy (non-hydrogen) atoms. The summed E-state index contributed by atoms with van der Waals surface area (Å²) in [5.74, 6) is 0. The molecule has 1 saturated heterocycles. The van der Waals surface area contributed by atoms with E-state index in [1.807, 2.05) is 12.1 Å². The van der Waals surface area contributed by atoms with Crippen molar-refractivity contribution in [2.75, 3.05) is 6.54 Å². The van der Waals surface area contributed by atoms with Gasteiger partial charge in [-0.2, -0.15) is 0 Å². The summed E-state index contributed by atoms with van der Waals surface area (Å²) in [4.78, 5) is 0. The molecule has 0 bridgehead atoms. The molecule has 2 heteroatoms. The van der Waals surface area contributed by atoms with Crippen LogP contribution in [0.15, 0.2) is 42.5 Å². The molecule has 0 aliphatic carbocycles. The molecule has 1 aliphatic rings. The topological polar surface area (TPSA) is 32.3 Å². The van der Waals surface area contributed by atoms with E-state index < -0.39 is 5.60 Å². The predicted octanol–water partition coefficient (Wildman–Crippen LogP) is 3.19. The molecule has 100 valence electrons. The molecule has 0 saturated carbocycles. The van der Waals surface area contributed by atoms with Crippen molar-refractivity contribution in [1.29, 1.82) is 0 Å². The molecule has 0 amide bonds. The first kappa shape index (κ1) is 12.6. The largest absolute Gasteiger partial charge is 0.385 e. The van der Waals surface area contributed by atoms with Gasteiger partial charge >= 0.3 is 0 Å². The highest BCUT2D eigenvalue weighted by molar-refractivity contribution is 5.83. The second-order valence-electron chi connectivity index (χ2n) is 6.33. The molecular weight excluding hydrogens is 234 g/mol. The standard InChI is InChI=1S/C17H21NO/c1-16(2)12-17(19,9-10-18-16)15-8-7-13-5-3-4-6-14(13)11-15/h3-8,11,18-19H,9-10,12H2,1-2H3. The van der Waals surface area contributed by atoms with Gasteiger partial charge in [0.1, 0.15) is 0 Å². The zero-order valence-corrected chi connectivity index (χ0v) is 11.6. The SMILES string of the molecule is CC1(C)CC(O)(c2ccc3ccccc3c2)CCN1. The Labute approximate surface area is 114 Å². The second-order valence-corrected chi connectivity index (χ2v) is 6.33. The molecule has 2 N–H and O–H groups in total. The Balaban J connectivity index is 2.03. The molecule has 3 rings (SSSR count). The van der Waals surface area contributed by atoms with Crippen LogP contribution < -0.4 is 5.32 Å².